The van der Waals surface area contributed by atoms with Crippen LogP contribution in [0.25, 0.3) is 0 Å². The summed E-state index contributed by atoms with van der Waals surface area (Å²) in [5.41, 5.74) is 1.19. The van der Waals surface area contributed by atoms with Gasteiger partial charge in [0.1, 0.15) is 5.75 Å². The Morgan fingerprint density at radius 2 is 1.70 bits per heavy atom. The predicted molar refractivity (Wildman–Crippen MR) is 89.7 cm³/mol. The Bertz CT molecular complexity index is 757. The van der Waals surface area contributed by atoms with Gasteiger partial charge in [0.05, 0.1) is 20.8 Å². The second-order valence-electron chi connectivity index (χ2n) is 6.46. The van der Waals surface area contributed by atoms with E-state index >= 15 is 0 Å². The van der Waals surface area contributed by atoms with Crippen molar-refractivity contribution in [2.45, 2.75) is 32.7 Å². The van der Waals surface area contributed by atoms with Crippen LogP contribution in [0.2, 0.25) is 0 Å². The summed E-state index contributed by atoms with van der Waals surface area (Å²) in [5.74, 6) is 1.25. The Morgan fingerprint density at radius 3 is 2.26 bits per heavy atom. The van der Waals surface area contributed by atoms with Gasteiger partial charge in [-0.3, -0.25) is 4.79 Å². The van der Waals surface area contributed by atoms with Gasteiger partial charge in [-0.05, 0) is 17.7 Å². The molecule has 23 heavy (non-hydrogen) atoms. The Kier molecular flexibility index (Phi) is 4.68. The molecular weight excluding hydrogens is 294 g/mol. The molecule has 0 amide bonds. The third kappa shape index (κ3) is 3.67. The van der Waals surface area contributed by atoms with Gasteiger partial charge in [-0.25, -0.2) is 0 Å². The minimum absolute atomic E-state index is 0.0107. The lowest BCUT2D eigenvalue weighted by molar-refractivity contribution is 0.354. The smallest absolute Gasteiger partial charge is 0.254 e. The maximum atomic E-state index is 12.3. The summed E-state index contributed by atoms with van der Waals surface area (Å²) >= 11 is 0. The largest absolute Gasteiger partial charge is 0.508 e. The second-order valence-corrected chi connectivity index (χ2v) is 6.46. The van der Waals surface area contributed by atoms with Gasteiger partial charge >= 0.3 is 0 Å². The summed E-state index contributed by atoms with van der Waals surface area (Å²) in [6.07, 6.45) is 0. The van der Waals surface area contributed by atoms with E-state index in [4.69, 9.17) is 9.47 Å². The standard InChI is InChI=1S/C18H23NO4/c1-18(2,3)16-9-13(20)10-17(21)19(16)11-12-6-7-14(22-4)15(8-12)23-5/h6-10,20H,11H2,1-5H3. The van der Waals surface area contributed by atoms with Crippen molar-refractivity contribution in [1.29, 1.82) is 0 Å². The van der Waals surface area contributed by atoms with Crippen LogP contribution in [0.4, 0.5) is 0 Å². The topological polar surface area (TPSA) is 60.7 Å². The molecule has 1 heterocycles. The zero-order chi connectivity index (χ0) is 17.2. The molecule has 1 aromatic heterocycles. The molecule has 5 heteroatoms. The first-order valence-electron chi connectivity index (χ1n) is 7.41. The number of benzene rings is 1. The predicted octanol–water partition coefficient (Wildman–Crippen LogP) is 2.92. The zero-order valence-electron chi connectivity index (χ0n) is 14.2. The minimum atomic E-state index is -0.269. The third-order valence-electron chi connectivity index (χ3n) is 3.67. The number of aromatic nitrogens is 1. The first-order chi connectivity index (χ1) is 10.8. The normalized spacial score (nSPS) is 11.3. The Hall–Kier alpha value is -2.43. The molecule has 2 aromatic rings. The molecule has 5 nitrogen and oxygen atoms in total. The number of methoxy groups -OCH3 is 2. The van der Waals surface area contributed by atoms with E-state index in [0.29, 0.717) is 18.0 Å². The lowest BCUT2D eigenvalue weighted by atomic mass is 9.91. The Morgan fingerprint density at radius 1 is 1.04 bits per heavy atom. The highest BCUT2D eigenvalue weighted by atomic mass is 16.5. The van der Waals surface area contributed by atoms with Crippen LogP contribution in [0.3, 0.4) is 0 Å². The van der Waals surface area contributed by atoms with Crippen LogP contribution in [-0.2, 0) is 12.0 Å². The first kappa shape index (κ1) is 16.9. The van der Waals surface area contributed by atoms with Crippen LogP contribution in [0.5, 0.6) is 17.2 Å². The fraction of sp³-hybridized carbons (Fsp3) is 0.389. The summed E-state index contributed by atoms with van der Waals surface area (Å²) in [6, 6.07) is 8.44. The van der Waals surface area contributed by atoms with Crippen molar-refractivity contribution in [2.75, 3.05) is 14.2 Å². The number of hydrogen-bond donors (Lipinski definition) is 1. The summed E-state index contributed by atoms with van der Waals surface area (Å²) in [5, 5.41) is 9.75. The van der Waals surface area contributed by atoms with Gasteiger partial charge in [0.2, 0.25) is 0 Å². The van der Waals surface area contributed by atoms with E-state index in [0.717, 1.165) is 11.3 Å². The number of nitrogens with zero attached hydrogens (tertiary/aromatic N) is 1. The molecular formula is C18H23NO4. The van der Waals surface area contributed by atoms with Crippen molar-refractivity contribution in [3.8, 4) is 17.2 Å². The van der Waals surface area contributed by atoms with Crippen LogP contribution in [-0.4, -0.2) is 23.9 Å². The van der Waals surface area contributed by atoms with E-state index in [-0.39, 0.29) is 16.7 Å². The van der Waals surface area contributed by atoms with Gasteiger partial charge in [-0.15, -0.1) is 0 Å². The molecule has 0 unspecified atom stereocenters. The number of hydrogen-bond acceptors (Lipinski definition) is 4. The maximum Gasteiger partial charge on any atom is 0.254 e. The zero-order valence-corrected chi connectivity index (χ0v) is 14.2. The molecule has 0 aliphatic carbocycles. The Balaban J connectivity index is 2.50. The highest BCUT2D eigenvalue weighted by molar-refractivity contribution is 5.43. The number of aromatic hydroxyl groups is 1. The summed E-state index contributed by atoms with van der Waals surface area (Å²) < 4.78 is 12.2. The van der Waals surface area contributed by atoms with Crippen LogP contribution in [0, 0.1) is 0 Å². The van der Waals surface area contributed by atoms with Gasteiger partial charge in [0.25, 0.3) is 5.56 Å². The molecule has 0 fully saturated rings. The summed E-state index contributed by atoms with van der Waals surface area (Å²) in [6.45, 7) is 6.41. The van der Waals surface area contributed by atoms with Gasteiger partial charge in [-0.2, -0.15) is 0 Å². The molecule has 0 atom stereocenters. The van der Waals surface area contributed by atoms with E-state index < -0.39 is 0 Å². The van der Waals surface area contributed by atoms with Crippen LogP contribution in [0.1, 0.15) is 32.0 Å². The van der Waals surface area contributed by atoms with Crippen molar-refractivity contribution < 1.29 is 14.6 Å². The molecule has 2 rings (SSSR count). The van der Waals surface area contributed by atoms with Crippen LogP contribution < -0.4 is 15.0 Å². The Labute approximate surface area is 136 Å². The average molecular weight is 317 g/mol. The fourth-order valence-electron chi connectivity index (χ4n) is 2.53. The average Bonchev–Trinajstić information content (AvgIpc) is 2.48. The molecule has 0 bridgehead atoms. The fourth-order valence-corrected chi connectivity index (χ4v) is 2.53. The lowest BCUT2D eigenvalue weighted by Gasteiger charge is -2.24. The molecule has 0 spiro atoms. The van der Waals surface area contributed by atoms with E-state index in [1.807, 2.05) is 39.0 Å². The highest BCUT2D eigenvalue weighted by Crippen LogP contribution is 2.29. The minimum Gasteiger partial charge on any atom is -0.508 e. The van der Waals surface area contributed by atoms with Crippen LogP contribution >= 0.6 is 0 Å². The molecule has 0 radical (unpaired) electrons. The van der Waals surface area contributed by atoms with E-state index in [2.05, 4.69) is 0 Å². The van der Waals surface area contributed by atoms with Gasteiger partial charge in [0.15, 0.2) is 11.5 Å². The molecule has 0 saturated carbocycles. The molecule has 0 aliphatic rings. The van der Waals surface area contributed by atoms with Crippen LogP contribution in [0.15, 0.2) is 35.1 Å². The van der Waals surface area contributed by atoms with Crippen molar-refractivity contribution in [2.24, 2.45) is 0 Å². The number of rotatable bonds is 4. The first-order valence-corrected chi connectivity index (χ1v) is 7.41. The number of pyridine rings is 1. The van der Waals surface area contributed by atoms with Gasteiger partial charge in [-0.1, -0.05) is 26.8 Å². The van der Waals surface area contributed by atoms with Crippen molar-refractivity contribution in [3.63, 3.8) is 0 Å². The SMILES string of the molecule is COc1ccc(Cn2c(C(C)(C)C)cc(O)cc2=O)cc1OC. The monoisotopic (exact) mass is 317 g/mol. The van der Waals surface area contributed by atoms with Gasteiger partial charge < -0.3 is 19.1 Å². The van der Waals surface area contributed by atoms with E-state index in [1.54, 1.807) is 24.9 Å². The van der Waals surface area contributed by atoms with Crippen molar-refractivity contribution >= 4 is 0 Å². The number of ether oxygens (including phenoxy) is 2. The van der Waals surface area contributed by atoms with E-state index in [9.17, 15) is 9.90 Å². The van der Waals surface area contributed by atoms with Gasteiger partial charge in [0, 0.05) is 23.2 Å². The molecule has 1 aromatic carbocycles. The molecule has 0 aliphatic heterocycles. The second kappa shape index (κ2) is 6.36. The van der Waals surface area contributed by atoms with Crippen molar-refractivity contribution in [3.05, 3.63) is 51.9 Å². The molecule has 0 saturated heterocycles. The molecule has 124 valence electrons. The third-order valence-corrected chi connectivity index (χ3v) is 3.67. The highest BCUT2D eigenvalue weighted by Gasteiger charge is 2.20. The maximum absolute atomic E-state index is 12.3. The molecule has 1 N–H and O–H groups in total. The quantitative estimate of drug-likeness (QED) is 0.942. The lowest BCUT2D eigenvalue weighted by Crippen LogP contribution is -2.29. The summed E-state index contributed by atoms with van der Waals surface area (Å²) in [4.78, 5) is 12.3. The van der Waals surface area contributed by atoms with Crippen molar-refractivity contribution in [1.82, 2.24) is 4.57 Å². The van der Waals surface area contributed by atoms with E-state index in [1.165, 1.54) is 6.07 Å². The summed E-state index contributed by atoms with van der Waals surface area (Å²) in [7, 11) is 3.16.